The zero-order chi connectivity index (χ0) is 10.7. The summed E-state index contributed by atoms with van der Waals surface area (Å²) in [6.07, 6.45) is 0. The molecule has 0 heterocycles. The average molecular weight is 195 g/mol. The Kier molecular flexibility index (Phi) is 2.83. The van der Waals surface area contributed by atoms with Crippen LogP contribution in [0.5, 0.6) is 5.75 Å². The number of aliphatic carboxylic acids is 1. The first-order chi connectivity index (χ1) is 6.52. The van der Waals surface area contributed by atoms with E-state index in [9.17, 15) is 9.59 Å². The number of carbonyl (C=O) groups is 2. The van der Waals surface area contributed by atoms with Crippen LogP contribution in [0.3, 0.4) is 0 Å². The third-order valence-electron chi connectivity index (χ3n) is 1.70. The summed E-state index contributed by atoms with van der Waals surface area (Å²) in [5, 5.41) is 17.4. The highest BCUT2D eigenvalue weighted by atomic mass is 16.4. The van der Waals surface area contributed by atoms with E-state index in [1.54, 1.807) is 0 Å². The van der Waals surface area contributed by atoms with Gasteiger partial charge in [-0.05, 0) is 24.3 Å². The molecule has 1 atom stereocenters. The maximum Gasteiger partial charge on any atom is 0.328 e. The Labute approximate surface area is 79.8 Å². The van der Waals surface area contributed by atoms with Gasteiger partial charge in [-0.3, -0.25) is 9.59 Å². The maximum absolute atomic E-state index is 11.3. The van der Waals surface area contributed by atoms with E-state index in [-0.39, 0.29) is 11.3 Å². The van der Waals surface area contributed by atoms with Crippen molar-refractivity contribution >= 4 is 11.8 Å². The molecule has 0 fully saturated rings. The fraction of sp³-hybridized carbons (Fsp3) is 0.111. The zero-order valence-corrected chi connectivity index (χ0v) is 7.18. The van der Waals surface area contributed by atoms with Gasteiger partial charge in [0.25, 0.3) is 0 Å². The third-order valence-corrected chi connectivity index (χ3v) is 1.70. The summed E-state index contributed by atoms with van der Waals surface area (Å²) in [6.45, 7) is 0. The second-order valence-electron chi connectivity index (χ2n) is 2.73. The molecule has 1 aromatic carbocycles. The minimum atomic E-state index is -1.56. The maximum atomic E-state index is 11.3. The Morgan fingerprint density at radius 2 is 1.71 bits per heavy atom. The van der Waals surface area contributed by atoms with Crippen molar-refractivity contribution in [2.75, 3.05) is 0 Å². The van der Waals surface area contributed by atoms with E-state index in [1.807, 2.05) is 0 Å². The number of hydrogen-bond donors (Lipinski definition) is 3. The van der Waals surface area contributed by atoms with Crippen LogP contribution in [-0.2, 0) is 4.79 Å². The highest BCUT2D eigenvalue weighted by Crippen LogP contribution is 2.10. The number of phenols is 1. The van der Waals surface area contributed by atoms with Gasteiger partial charge in [0.05, 0.1) is 0 Å². The molecule has 1 unspecified atom stereocenters. The summed E-state index contributed by atoms with van der Waals surface area (Å²) in [5.41, 5.74) is 5.28. The smallest absolute Gasteiger partial charge is 0.328 e. The van der Waals surface area contributed by atoms with E-state index in [1.165, 1.54) is 24.3 Å². The molecule has 0 saturated heterocycles. The Morgan fingerprint density at radius 1 is 1.21 bits per heavy atom. The van der Waals surface area contributed by atoms with Crippen LogP contribution in [0.4, 0.5) is 0 Å². The van der Waals surface area contributed by atoms with E-state index >= 15 is 0 Å². The van der Waals surface area contributed by atoms with Gasteiger partial charge < -0.3 is 15.9 Å². The number of carboxylic acid groups (broad SMARTS) is 1. The number of phenolic OH excluding ortho intramolecular Hbond substituents is 1. The van der Waals surface area contributed by atoms with E-state index in [4.69, 9.17) is 15.9 Å². The van der Waals surface area contributed by atoms with Crippen molar-refractivity contribution < 1.29 is 19.8 Å². The van der Waals surface area contributed by atoms with Gasteiger partial charge in [0, 0.05) is 5.56 Å². The molecule has 0 aliphatic rings. The van der Waals surface area contributed by atoms with Gasteiger partial charge in [-0.25, -0.2) is 0 Å². The molecular formula is C9H9NO4. The van der Waals surface area contributed by atoms with Crippen molar-refractivity contribution in [2.45, 2.75) is 6.04 Å². The molecule has 0 aromatic heterocycles. The number of nitrogens with two attached hydrogens (primary N) is 1. The van der Waals surface area contributed by atoms with Crippen LogP contribution in [0, 0.1) is 0 Å². The van der Waals surface area contributed by atoms with Crippen LogP contribution in [0.1, 0.15) is 10.4 Å². The lowest BCUT2D eigenvalue weighted by molar-refractivity contribution is -0.137. The van der Waals surface area contributed by atoms with E-state index < -0.39 is 17.8 Å². The summed E-state index contributed by atoms with van der Waals surface area (Å²) >= 11 is 0. The summed E-state index contributed by atoms with van der Waals surface area (Å²) in [7, 11) is 0. The van der Waals surface area contributed by atoms with Crippen LogP contribution in [0.15, 0.2) is 24.3 Å². The number of rotatable bonds is 3. The van der Waals surface area contributed by atoms with Crippen LogP contribution in [0.25, 0.3) is 0 Å². The molecule has 0 bridgehead atoms. The fourth-order valence-corrected chi connectivity index (χ4v) is 0.917. The van der Waals surface area contributed by atoms with Gasteiger partial charge in [0.2, 0.25) is 0 Å². The van der Waals surface area contributed by atoms with Crippen molar-refractivity contribution in [3.63, 3.8) is 0 Å². The Balaban J connectivity index is 2.90. The molecule has 0 saturated carbocycles. The van der Waals surface area contributed by atoms with Gasteiger partial charge >= 0.3 is 5.97 Å². The zero-order valence-electron chi connectivity index (χ0n) is 7.18. The predicted molar refractivity (Wildman–Crippen MR) is 48.0 cm³/mol. The Morgan fingerprint density at radius 3 is 2.14 bits per heavy atom. The molecule has 0 radical (unpaired) electrons. The molecule has 1 aromatic rings. The molecular weight excluding hydrogens is 186 g/mol. The van der Waals surface area contributed by atoms with Crippen molar-refractivity contribution in [1.29, 1.82) is 0 Å². The summed E-state index contributed by atoms with van der Waals surface area (Å²) < 4.78 is 0. The summed E-state index contributed by atoms with van der Waals surface area (Å²) in [5.74, 6) is -2.05. The quantitative estimate of drug-likeness (QED) is 0.465. The normalized spacial score (nSPS) is 12.1. The number of carboxylic acids is 1. The van der Waals surface area contributed by atoms with Crippen molar-refractivity contribution in [1.82, 2.24) is 0 Å². The molecule has 5 nitrogen and oxygen atoms in total. The number of ketones is 1. The molecule has 5 heteroatoms. The Hall–Kier alpha value is -1.88. The molecule has 4 N–H and O–H groups in total. The lowest BCUT2D eigenvalue weighted by atomic mass is 10.1. The topological polar surface area (TPSA) is 101 Å². The third kappa shape index (κ3) is 2.08. The van der Waals surface area contributed by atoms with Crippen LogP contribution in [0.2, 0.25) is 0 Å². The average Bonchev–Trinajstić information content (AvgIpc) is 2.16. The van der Waals surface area contributed by atoms with Gasteiger partial charge in [-0.15, -0.1) is 0 Å². The second kappa shape index (κ2) is 3.89. The monoisotopic (exact) mass is 195 g/mol. The second-order valence-corrected chi connectivity index (χ2v) is 2.73. The molecule has 0 amide bonds. The molecule has 0 spiro atoms. The first-order valence-electron chi connectivity index (χ1n) is 3.84. The lowest BCUT2D eigenvalue weighted by Gasteiger charge is -2.04. The standard InChI is InChI=1S/C9H9NO4/c10-7(9(13)14)8(12)5-1-3-6(11)4-2-5/h1-4,7,11H,10H2,(H,13,14). The predicted octanol–water partition coefficient (Wildman–Crippen LogP) is -0.0132. The number of aromatic hydroxyl groups is 1. The van der Waals surface area contributed by atoms with Crippen LogP contribution in [-0.4, -0.2) is 28.0 Å². The molecule has 1 rings (SSSR count). The fourth-order valence-electron chi connectivity index (χ4n) is 0.917. The molecule has 0 aliphatic carbocycles. The largest absolute Gasteiger partial charge is 0.508 e. The van der Waals surface area contributed by atoms with E-state index in [2.05, 4.69) is 0 Å². The molecule has 0 aliphatic heterocycles. The SMILES string of the molecule is NC(C(=O)O)C(=O)c1ccc(O)cc1. The van der Waals surface area contributed by atoms with Crippen molar-refractivity contribution in [3.05, 3.63) is 29.8 Å². The minimum Gasteiger partial charge on any atom is -0.508 e. The van der Waals surface area contributed by atoms with Gasteiger partial charge in [-0.2, -0.15) is 0 Å². The highest BCUT2D eigenvalue weighted by Gasteiger charge is 2.22. The number of Topliss-reactive ketones (excluding diaryl/α,β-unsaturated/α-hetero) is 1. The molecule has 14 heavy (non-hydrogen) atoms. The van der Waals surface area contributed by atoms with Crippen LogP contribution >= 0.6 is 0 Å². The first kappa shape index (κ1) is 10.2. The minimum absolute atomic E-state index is 0.00504. The van der Waals surface area contributed by atoms with Gasteiger partial charge in [0.15, 0.2) is 11.8 Å². The number of benzene rings is 1. The van der Waals surface area contributed by atoms with Crippen molar-refractivity contribution in [2.24, 2.45) is 5.73 Å². The number of carbonyl (C=O) groups excluding carboxylic acids is 1. The van der Waals surface area contributed by atoms with Crippen molar-refractivity contribution in [3.8, 4) is 5.75 Å². The first-order valence-corrected chi connectivity index (χ1v) is 3.84. The summed E-state index contributed by atoms with van der Waals surface area (Å²) in [4.78, 5) is 21.7. The number of hydrogen-bond acceptors (Lipinski definition) is 4. The Bertz CT molecular complexity index is 358. The van der Waals surface area contributed by atoms with E-state index in [0.717, 1.165) is 0 Å². The van der Waals surface area contributed by atoms with Crippen LogP contribution < -0.4 is 5.73 Å². The van der Waals surface area contributed by atoms with Gasteiger partial charge in [-0.1, -0.05) is 0 Å². The van der Waals surface area contributed by atoms with Gasteiger partial charge in [0.1, 0.15) is 5.75 Å². The van der Waals surface area contributed by atoms with E-state index in [0.29, 0.717) is 0 Å². The summed E-state index contributed by atoms with van der Waals surface area (Å²) in [6, 6.07) is 3.67. The highest BCUT2D eigenvalue weighted by molar-refractivity contribution is 6.11. The lowest BCUT2D eigenvalue weighted by Crippen LogP contribution is -2.38. The molecule has 74 valence electrons.